The summed E-state index contributed by atoms with van der Waals surface area (Å²) in [5, 5.41) is 36.8. The normalized spacial score (nSPS) is 22.6. The molecule has 4 aromatic rings. The van der Waals surface area contributed by atoms with Gasteiger partial charge >= 0.3 is 0 Å². The fourth-order valence-corrected chi connectivity index (χ4v) is 9.30. The summed E-state index contributed by atoms with van der Waals surface area (Å²) in [6.45, 7) is 7.47. The summed E-state index contributed by atoms with van der Waals surface area (Å²) in [6.07, 6.45) is 7.58. The molecule has 4 aliphatic rings. The summed E-state index contributed by atoms with van der Waals surface area (Å²) < 4.78 is 19.9. The third-order valence-corrected chi connectivity index (χ3v) is 12.2. The molecular weight excluding hydrogens is 670 g/mol. The number of aliphatic hydroxyl groups is 2. The van der Waals surface area contributed by atoms with Gasteiger partial charge in [-0.1, -0.05) is 56.2 Å². The third kappa shape index (κ3) is 8.06. The summed E-state index contributed by atoms with van der Waals surface area (Å²) in [5.41, 5.74) is 4.73. The van der Waals surface area contributed by atoms with Gasteiger partial charge in [0.2, 0.25) is 5.56 Å². The molecule has 0 spiro atoms. The number of pyridine rings is 1. The van der Waals surface area contributed by atoms with Crippen LogP contribution in [0.4, 0.5) is 5.69 Å². The number of nitrogens with zero attached hydrogens (tertiary/aromatic N) is 1. The van der Waals surface area contributed by atoms with Gasteiger partial charge in [0.05, 0.1) is 57.3 Å². The van der Waals surface area contributed by atoms with Crippen LogP contribution in [0.3, 0.4) is 0 Å². The number of ether oxygens (including phenoxy) is 3. The molecule has 5 N–H and O–H groups in total. The molecule has 284 valence electrons. The van der Waals surface area contributed by atoms with Gasteiger partial charge in [-0.15, -0.1) is 0 Å². The largest absolute Gasteiger partial charge is 0.506 e. The number of hydrogen-bond donors (Lipinski definition) is 5. The zero-order valence-corrected chi connectivity index (χ0v) is 31.2. The Morgan fingerprint density at radius 2 is 1.74 bits per heavy atom. The highest BCUT2D eigenvalue weighted by atomic mass is 16.5. The predicted molar refractivity (Wildman–Crippen MR) is 207 cm³/mol. The molecule has 3 aromatic carbocycles. The number of hydrogen-bond acceptors (Lipinski definition) is 8. The number of phenols is 1. The fraction of sp³-hybridized carbons (Fsp3) is 0.512. The van der Waals surface area contributed by atoms with Crippen molar-refractivity contribution in [1.29, 1.82) is 0 Å². The first-order valence-electron chi connectivity index (χ1n) is 19.6. The molecule has 2 bridgehead atoms. The molecule has 0 radical (unpaired) electrons. The monoisotopic (exact) mass is 726 g/mol. The second kappa shape index (κ2) is 16.5. The maximum absolute atomic E-state index is 11.9. The molecule has 4 fully saturated rings. The Hall–Kier alpha value is -4.09. The number of anilines is 1. The first-order chi connectivity index (χ1) is 25.8. The Kier molecular flexibility index (Phi) is 11.6. The van der Waals surface area contributed by atoms with Gasteiger partial charge < -0.3 is 44.3 Å². The molecular formula is C43H56N3O7+. The summed E-state index contributed by atoms with van der Waals surface area (Å²) >= 11 is 0. The summed E-state index contributed by atoms with van der Waals surface area (Å²) in [4.78, 5) is 14.5. The maximum Gasteiger partial charge on any atom is 0.248 e. The number of fused-ring (bicyclic) bond motifs is 4. The predicted octanol–water partition coefficient (Wildman–Crippen LogP) is 6.74. The van der Waals surface area contributed by atoms with E-state index in [9.17, 15) is 20.1 Å². The van der Waals surface area contributed by atoms with Crippen LogP contribution >= 0.6 is 0 Å². The highest BCUT2D eigenvalue weighted by Crippen LogP contribution is 2.41. The average molecular weight is 727 g/mol. The lowest BCUT2D eigenvalue weighted by molar-refractivity contribution is -0.946. The first kappa shape index (κ1) is 37.2. The van der Waals surface area contributed by atoms with Crippen molar-refractivity contribution in [2.75, 3.05) is 58.4 Å². The van der Waals surface area contributed by atoms with Crippen LogP contribution in [0.15, 0.2) is 65.5 Å². The number of piperidine rings is 3. The van der Waals surface area contributed by atoms with Crippen molar-refractivity contribution in [3.8, 4) is 17.2 Å². The average Bonchev–Trinajstić information content (AvgIpc) is 3.73. The van der Waals surface area contributed by atoms with Crippen LogP contribution in [0, 0.1) is 5.92 Å². The molecule has 1 aromatic heterocycles. The number of aromatic nitrogens is 1. The van der Waals surface area contributed by atoms with E-state index >= 15 is 0 Å². The third-order valence-electron chi connectivity index (χ3n) is 12.2. The molecule has 53 heavy (non-hydrogen) atoms. The fourth-order valence-electron chi connectivity index (χ4n) is 9.30. The number of H-pyrrole nitrogens is 1. The van der Waals surface area contributed by atoms with E-state index in [1.165, 1.54) is 43.4 Å². The van der Waals surface area contributed by atoms with Crippen LogP contribution in [-0.4, -0.2) is 83.9 Å². The summed E-state index contributed by atoms with van der Waals surface area (Å²) in [7, 11) is 1.63. The molecule has 4 heterocycles. The second-order valence-corrected chi connectivity index (χ2v) is 15.4. The number of methoxy groups -OCH3 is 1. The van der Waals surface area contributed by atoms with Crippen LogP contribution in [0.5, 0.6) is 17.2 Å². The van der Waals surface area contributed by atoms with Crippen LogP contribution in [0.25, 0.3) is 10.9 Å². The molecule has 3 atom stereocenters. The van der Waals surface area contributed by atoms with Crippen LogP contribution in [-0.2, 0) is 11.2 Å². The minimum Gasteiger partial charge on any atom is -0.506 e. The highest BCUT2D eigenvalue weighted by Gasteiger charge is 2.46. The van der Waals surface area contributed by atoms with E-state index in [4.69, 9.17) is 14.2 Å². The van der Waals surface area contributed by atoms with Gasteiger partial charge in [-0.2, -0.15) is 0 Å². The van der Waals surface area contributed by atoms with Crippen molar-refractivity contribution in [2.45, 2.75) is 82.5 Å². The lowest BCUT2D eigenvalue weighted by Gasteiger charge is -2.52. The lowest BCUT2D eigenvalue weighted by atomic mass is 9.83. The molecule has 0 amide bonds. The molecule has 1 saturated carbocycles. The van der Waals surface area contributed by atoms with Crippen LogP contribution in [0.1, 0.15) is 92.2 Å². The molecule has 0 unspecified atom stereocenters. The Balaban J connectivity index is 0.948. The van der Waals surface area contributed by atoms with E-state index in [1.54, 1.807) is 19.2 Å². The van der Waals surface area contributed by atoms with Gasteiger partial charge in [0.15, 0.2) is 11.5 Å². The SMILES string of the molecule is CCc1ccc(OCCC[N+]23CCC(CC2)[C@@H](OC[C@H](O)c2ccccc2C2CCCC2)C3)c(OC)c1NC[C@H](O)c1ccc(O)c2[nH]c(=O)ccc12. The number of rotatable bonds is 16. The number of phenolic OH excluding ortho intramolecular Hbond substituents is 1. The Labute approximate surface area is 312 Å². The van der Waals surface area contributed by atoms with Gasteiger partial charge in [-0.3, -0.25) is 4.79 Å². The molecule has 10 heteroatoms. The standard InChI is InChI=1S/C43H55N3O7/c1-3-28-13-17-38(43(51-2)41(28)44-25-36(48)33-14-16-35(47)42-34(33)15-18-40(50)45-42)52-24-8-21-46-22-19-30(20-23-46)39(26-46)53-27-37(49)32-12-7-6-11-31(32)29-9-4-5-10-29/h6-7,11-18,29-30,36-37,39,44,48-49H,3-5,8-10,19-27H2,1-2H3,(H-,45,47,50)/p+1/t30?,36-,37-,39-,46?/m0/s1. The number of quaternary nitrogens is 1. The van der Waals surface area contributed by atoms with Crippen LogP contribution in [0.2, 0.25) is 0 Å². The smallest absolute Gasteiger partial charge is 0.248 e. The van der Waals surface area contributed by atoms with Crippen molar-refractivity contribution in [3.63, 3.8) is 0 Å². The Bertz CT molecular complexity index is 1910. The first-order valence-corrected chi connectivity index (χ1v) is 19.6. The van der Waals surface area contributed by atoms with Crippen molar-refractivity contribution >= 4 is 16.6 Å². The summed E-state index contributed by atoms with van der Waals surface area (Å²) in [5.74, 6) is 2.33. The van der Waals surface area contributed by atoms with E-state index in [-0.39, 0.29) is 24.0 Å². The number of aromatic hydroxyl groups is 1. The highest BCUT2D eigenvalue weighted by molar-refractivity contribution is 5.87. The molecule has 10 nitrogen and oxygen atoms in total. The molecule has 1 aliphatic carbocycles. The van der Waals surface area contributed by atoms with Gasteiger partial charge in [0.1, 0.15) is 24.5 Å². The van der Waals surface area contributed by atoms with E-state index in [0.717, 1.165) is 73.2 Å². The quantitative estimate of drug-likeness (QED) is 0.0634. The minimum absolute atomic E-state index is 0.0459. The number of nitrogens with one attached hydrogen (secondary N) is 2. The molecule has 8 rings (SSSR count). The van der Waals surface area contributed by atoms with E-state index in [0.29, 0.717) is 53.0 Å². The van der Waals surface area contributed by atoms with Gasteiger partial charge in [-0.05, 0) is 65.6 Å². The number of aryl methyl sites for hydroxylation is 1. The van der Waals surface area contributed by atoms with Crippen molar-refractivity contribution in [2.24, 2.45) is 5.92 Å². The molecule has 3 saturated heterocycles. The maximum atomic E-state index is 11.9. The summed E-state index contributed by atoms with van der Waals surface area (Å²) in [6, 6.07) is 18.6. The Morgan fingerprint density at radius 1 is 0.943 bits per heavy atom. The van der Waals surface area contributed by atoms with E-state index in [1.807, 2.05) is 18.2 Å². The topological polar surface area (TPSA) is 133 Å². The Morgan fingerprint density at radius 3 is 2.51 bits per heavy atom. The minimum atomic E-state index is -0.922. The van der Waals surface area contributed by atoms with Gasteiger partial charge in [0, 0.05) is 43.2 Å². The van der Waals surface area contributed by atoms with Crippen molar-refractivity contribution in [1.82, 2.24) is 4.98 Å². The zero-order chi connectivity index (χ0) is 37.0. The van der Waals surface area contributed by atoms with Crippen molar-refractivity contribution < 1.29 is 34.0 Å². The molecule has 3 aliphatic heterocycles. The van der Waals surface area contributed by atoms with Gasteiger partial charge in [-0.25, -0.2) is 0 Å². The van der Waals surface area contributed by atoms with Crippen LogP contribution < -0.4 is 20.3 Å². The van der Waals surface area contributed by atoms with Gasteiger partial charge in [0.25, 0.3) is 0 Å². The number of aliphatic hydroxyl groups excluding tert-OH is 2. The lowest BCUT2D eigenvalue weighted by Crippen LogP contribution is -2.64. The number of benzene rings is 3. The van der Waals surface area contributed by atoms with E-state index in [2.05, 4.69) is 35.4 Å². The van der Waals surface area contributed by atoms with E-state index < -0.39 is 12.2 Å². The second-order valence-electron chi connectivity index (χ2n) is 15.4. The number of aromatic amines is 1. The zero-order valence-electron chi connectivity index (χ0n) is 31.2. The van der Waals surface area contributed by atoms with Crippen molar-refractivity contribution in [3.05, 3.63) is 93.3 Å².